The van der Waals surface area contributed by atoms with Crippen molar-refractivity contribution in [2.45, 2.75) is 31.3 Å². The van der Waals surface area contributed by atoms with E-state index in [0.29, 0.717) is 0 Å². The van der Waals surface area contributed by atoms with Crippen LogP contribution in [0.5, 0.6) is 0 Å². The van der Waals surface area contributed by atoms with Crippen molar-refractivity contribution in [2.75, 3.05) is 84.2 Å². The molecule has 3 heterocycles. The third-order valence-corrected chi connectivity index (χ3v) is 7.36. The van der Waals surface area contributed by atoms with Crippen molar-refractivity contribution >= 4 is 17.7 Å². The van der Waals surface area contributed by atoms with Crippen LogP contribution in [0.1, 0.15) is 20.3 Å². The predicted octanol–water partition coefficient (Wildman–Crippen LogP) is 0.470. The maximum absolute atomic E-state index is 5.57. The normalized spacial score (nSPS) is 29.1. The van der Waals surface area contributed by atoms with Gasteiger partial charge in [-0.25, -0.2) is 0 Å². The quantitative estimate of drug-likeness (QED) is 0.497. The lowest BCUT2D eigenvalue weighted by atomic mass is 9.95. The van der Waals surface area contributed by atoms with Crippen molar-refractivity contribution in [2.24, 2.45) is 4.99 Å². The van der Waals surface area contributed by atoms with Crippen LogP contribution in [0.15, 0.2) is 4.99 Å². The largest absolute Gasteiger partial charge is 0.379 e. The lowest BCUT2D eigenvalue weighted by Crippen LogP contribution is -2.61. The number of aliphatic imine (C=N–C) groups is 1. The van der Waals surface area contributed by atoms with Gasteiger partial charge in [0, 0.05) is 63.1 Å². The molecule has 2 N–H and O–H groups in total. The van der Waals surface area contributed by atoms with Gasteiger partial charge < -0.3 is 20.1 Å². The molecule has 156 valence electrons. The summed E-state index contributed by atoms with van der Waals surface area (Å²) < 4.78 is 11.1. The fourth-order valence-corrected chi connectivity index (χ4v) is 5.66. The molecule has 3 rings (SSSR count). The third kappa shape index (κ3) is 5.50. The zero-order valence-electron chi connectivity index (χ0n) is 17.3. The van der Waals surface area contributed by atoms with Crippen LogP contribution in [0.2, 0.25) is 0 Å². The Balaban J connectivity index is 1.51. The first-order valence-electron chi connectivity index (χ1n) is 10.2. The number of hydrogen-bond donors (Lipinski definition) is 2. The van der Waals surface area contributed by atoms with Crippen LogP contribution >= 0.6 is 11.8 Å². The average molecular weight is 400 g/mol. The molecule has 0 aromatic carbocycles. The predicted molar refractivity (Wildman–Crippen MR) is 113 cm³/mol. The average Bonchev–Trinajstić information content (AvgIpc) is 3.20. The first-order valence-corrected chi connectivity index (χ1v) is 11.4. The molecule has 27 heavy (non-hydrogen) atoms. The van der Waals surface area contributed by atoms with E-state index in [1.165, 1.54) is 17.9 Å². The van der Waals surface area contributed by atoms with E-state index in [4.69, 9.17) is 9.47 Å². The molecule has 0 aromatic rings. The summed E-state index contributed by atoms with van der Waals surface area (Å²) in [5.41, 5.74) is 0.304. The summed E-state index contributed by atoms with van der Waals surface area (Å²) in [6.07, 6.45) is 1.24. The Morgan fingerprint density at radius 1 is 1.07 bits per heavy atom. The molecule has 8 heteroatoms. The highest BCUT2D eigenvalue weighted by Crippen LogP contribution is 2.33. The van der Waals surface area contributed by atoms with E-state index in [2.05, 4.69) is 51.0 Å². The van der Waals surface area contributed by atoms with Gasteiger partial charge in [-0.1, -0.05) is 0 Å². The molecule has 0 radical (unpaired) electrons. The number of morpholine rings is 2. The molecule has 3 aliphatic rings. The fraction of sp³-hybridized carbons (Fsp3) is 0.947. The zero-order chi connectivity index (χ0) is 19.2. The SMILES string of the molecule is CN=C(NCC(C)(C)N1CCOCC1)NCC1(N2CCOCC2)CCSC1. The van der Waals surface area contributed by atoms with Crippen molar-refractivity contribution in [3.63, 3.8) is 0 Å². The minimum Gasteiger partial charge on any atom is -0.379 e. The van der Waals surface area contributed by atoms with E-state index < -0.39 is 0 Å². The van der Waals surface area contributed by atoms with Crippen LogP contribution in [0.25, 0.3) is 0 Å². The number of hydrogen-bond acceptors (Lipinski definition) is 6. The second-order valence-corrected chi connectivity index (χ2v) is 9.42. The number of ether oxygens (including phenoxy) is 2. The smallest absolute Gasteiger partial charge is 0.191 e. The van der Waals surface area contributed by atoms with Gasteiger partial charge in [0.2, 0.25) is 0 Å². The molecule has 0 amide bonds. The minimum absolute atomic E-state index is 0.0759. The summed E-state index contributed by atoms with van der Waals surface area (Å²) >= 11 is 2.07. The molecule has 3 fully saturated rings. The van der Waals surface area contributed by atoms with Gasteiger partial charge in [0.05, 0.1) is 26.4 Å². The maximum Gasteiger partial charge on any atom is 0.191 e. The van der Waals surface area contributed by atoms with E-state index in [9.17, 15) is 0 Å². The molecule has 0 bridgehead atoms. The molecular formula is C19H37N5O2S. The molecule has 7 nitrogen and oxygen atoms in total. The van der Waals surface area contributed by atoms with Gasteiger partial charge in [-0.2, -0.15) is 11.8 Å². The van der Waals surface area contributed by atoms with Crippen LogP contribution in [-0.2, 0) is 9.47 Å². The van der Waals surface area contributed by atoms with Crippen molar-refractivity contribution < 1.29 is 9.47 Å². The fourth-order valence-electron chi connectivity index (χ4n) is 4.18. The first kappa shape index (κ1) is 21.2. The highest BCUT2D eigenvalue weighted by Gasteiger charge is 2.40. The first-order chi connectivity index (χ1) is 13.1. The van der Waals surface area contributed by atoms with Crippen molar-refractivity contribution in [3.8, 4) is 0 Å². The van der Waals surface area contributed by atoms with Crippen LogP contribution in [-0.4, -0.2) is 111 Å². The molecule has 0 aromatic heterocycles. The summed E-state index contributed by atoms with van der Waals surface area (Å²) in [5.74, 6) is 3.34. The molecule has 1 unspecified atom stereocenters. The van der Waals surface area contributed by atoms with Gasteiger partial charge in [0.1, 0.15) is 0 Å². The Morgan fingerprint density at radius 3 is 2.33 bits per heavy atom. The van der Waals surface area contributed by atoms with Gasteiger partial charge in [-0.05, 0) is 26.0 Å². The number of nitrogens with one attached hydrogen (secondary N) is 2. The molecular weight excluding hydrogens is 362 g/mol. The Morgan fingerprint density at radius 2 is 1.74 bits per heavy atom. The summed E-state index contributed by atoms with van der Waals surface area (Å²) in [6.45, 7) is 13.8. The van der Waals surface area contributed by atoms with Crippen molar-refractivity contribution in [1.29, 1.82) is 0 Å². The van der Waals surface area contributed by atoms with E-state index >= 15 is 0 Å². The molecule has 0 saturated carbocycles. The minimum atomic E-state index is 0.0759. The van der Waals surface area contributed by atoms with Crippen LogP contribution in [0.3, 0.4) is 0 Å². The summed E-state index contributed by atoms with van der Waals surface area (Å²) in [4.78, 5) is 9.61. The lowest BCUT2D eigenvalue weighted by molar-refractivity contribution is -0.0123. The Hall–Kier alpha value is -0.540. The number of thioether (sulfide) groups is 1. The van der Waals surface area contributed by atoms with E-state index in [-0.39, 0.29) is 11.1 Å². The Kier molecular flexibility index (Phi) is 7.67. The van der Waals surface area contributed by atoms with Gasteiger partial charge >= 0.3 is 0 Å². The van der Waals surface area contributed by atoms with Gasteiger partial charge in [0.15, 0.2) is 5.96 Å². The third-order valence-electron chi connectivity index (χ3n) is 6.13. The maximum atomic E-state index is 5.57. The number of guanidine groups is 1. The standard InChI is InChI=1S/C19H37N5O2S/c1-18(2,23-5-9-25-10-6-23)14-21-17(20-3)22-15-19(4-13-27-16-19)24-7-11-26-12-8-24/h4-16H2,1-3H3,(H2,20,21,22). The second-order valence-electron chi connectivity index (χ2n) is 8.32. The Labute approximate surface area is 168 Å². The van der Waals surface area contributed by atoms with Gasteiger partial charge in [0.25, 0.3) is 0 Å². The highest BCUT2D eigenvalue weighted by molar-refractivity contribution is 7.99. The van der Waals surface area contributed by atoms with E-state index in [0.717, 1.165) is 71.7 Å². The number of nitrogens with zero attached hydrogens (tertiary/aromatic N) is 3. The monoisotopic (exact) mass is 399 g/mol. The van der Waals surface area contributed by atoms with Gasteiger partial charge in [-0.3, -0.25) is 14.8 Å². The molecule has 1 atom stereocenters. The van der Waals surface area contributed by atoms with E-state index in [1.54, 1.807) is 0 Å². The van der Waals surface area contributed by atoms with Crippen molar-refractivity contribution in [3.05, 3.63) is 0 Å². The number of rotatable bonds is 6. The molecule has 3 saturated heterocycles. The summed E-state index contributed by atoms with van der Waals surface area (Å²) in [7, 11) is 1.86. The van der Waals surface area contributed by atoms with Crippen LogP contribution in [0.4, 0.5) is 0 Å². The van der Waals surface area contributed by atoms with Crippen LogP contribution in [0, 0.1) is 0 Å². The second kappa shape index (κ2) is 9.78. The topological polar surface area (TPSA) is 61.4 Å². The zero-order valence-corrected chi connectivity index (χ0v) is 18.1. The molecule has 3 aliphatic heterocycles. The highest BCUT2D eigenvalue weighted by atomic mass is 32.2. The van der Waals surface area contributed by atoms with Crippen LogP contribution < -0.4 is 10.6 Å². The molecule has 0 spiro atoms. The molecule has 0 aliphatic carbocycles. The lowest BCUT2D eigenvalue weighted by Gasteiger charge is -2.43. The van der Waals surface area contributed by atoms with Gasteiger partial charge in [-0.15, -0.1) is 0 Å². The summed E-state index contributed by atoms with van der Waals surface area (Å²) in [5, 5.41) is 7.18. The van der Waals surface area contributed by atoms with E-state index in [1.807, 2.05) is 7.05 Å². The Bertz CT molecular complexity index is 484. The summed E-state index contributed by atoms with van der Waals surface area (Å²) in [6, 6.07) is 0. The van der Waals surface area contributed by atoms with Crippen molar-refractivity contribution in [1.82, 2.24) is 20.4 Å².